The first-order valence-electron chi connectivity index (χ1n) is 5.90. The lowest BCUT2D eigenvalue weighted by atomic mass is 9.98. The molecule has 0 saturated heterocycles. The van der Waals surface area contributed by atoms with Crippen molar-refractivity contribution in [2.45, 2.75) is 26.2 Å². The van der Waals surface area contributed by atoms with Crippen LogP contribution in [0.25, 0.3) is 5.57 Å². The second kappa shape index (κ2) is 3.27. The number of aromatic hydroxyl groups is 2. The lowest BCUT2D eigenvalue weighted by Crippen LogP contribution is -1.89. The van der Waals surface area contributed by atoms with Gasteiger partial charge in [-0.2, -0.15) is 0 Å². The summed E-state index contributed by atoms with van der Waals surface area (Å²) in [7, 11) is 0. The van der Waals surface area contributed by atoms with Gasteiger partial charge in [-0.25, -0.2) is 0 Å². The first-order chi connectivity index (χ1) is 7.65. The van der Waals surface area contributed by atoms with Crippen molar-refractivity contribution < 1.29 is 10.2 Å². The average Bonchev–Trinajstić information content (AvgIpc) is 3.05. The molecule has 0 heterocycles. The summed E-state index contributed by atoms with van der Waals surface area (Å²) in [4.78, 5) is 0. The Morgan fingerprint density at radius 1 is 1.12 bits per heavy atom. The van der Waals surface area contributed by atoms with E-state index in [0.29, 0.717) is 5.92 Å². The number of hydrogen-bond acceptors (Lipinski definition) is 2. The van der Waals surface area contributed by atoms with E-state index in [2.05, 4.69) is 6.92 Å². The maximum atomic E-state index is 9.53. The lowest BCUT2D eigenvalue weighted by molar-refractivity contribution is 0.450. The summed E-state index contributed by atoms with van der Waals surface area (Å²) in [5, 5.41) is 19.1. The molecule has 3 rings (SSSR count). The predicted octanol–water partition coefficient (Wildman–Crippen LogP) is 3.30. The summed E-state index contributed by atoms with van der Waals surface area (Å²) in [5.41, 5.74) is 3.91. The van der Waals surface area contributed by atoms with Crippen molar-refractivity contribution in [3.05, 3.63) is 29.3 Å². The molecule has 0 aromatic heterocycles. The van der Waals surface area contributed by atoms with Gasteiger partial charge < -0.3 is 10.2 Å². The maximum Gasteiger partial charge on any atom is 0.119 e. The number of allylic oxidation sites excluding steroid dienone is 2. The number of hydrogen-bond donors (Lipinski definition) is 2. The Morgan fingerprint density at radius 2 is 1.69 bits per heavy atom. The number of phenols is 2. The molecule has 2 fully saturated rings. The Bertz CT molecular complexity index is 447. The number of benzene rings is 1. The maximum absolute atomic E-state index is 9.53. The fraction of sp³-hybridized carbons (Fsp3) is 0.429. The van der Waals surface area contributed by atoms with Crippen LogP contribution in [-0.4, -0.2) is 10.2 Å². The van der Waals surface area contributed by atoms with E-state index in [9.17, 15) is 10.2 Å². The minimum absolute atomic E-state index is 0.155. The van der Waals surface area contributed by atoms with Crippen LogP contribution in [0.3, 0.4) is 0 Å². The van der Waals surface area contributed by atoms with Gasteiger partial charge in [0.2, 0.25) is 0 Å². The second-order valence-corrected chi connectivity index (χ2v) is 5.07. The highest BCUT2D eigenvalue weighted by atomic mass is 16.3. The molecule has 0 radical (unpaired) electrons. The molecule has 2 heteroatoms. The van der Waals surface area contributed by atoms with E-state index >= 15 is 0 Å². The number of rotatable bonds is 2. The van der Waals surface area contributed by atoms with Crippen LogP contribution in [0.5, 0.6) is 11.5 Å². The molecule has 0 amide bonds. The van der Waals surface area contributed by atoms with E-state index in [1.54, 1.807) is 12.1 Å². The van der Waals surface area contributed by atoms with Crippen LogP contribution in [0, 0.1) is 11.8 Å². The smallest absolute Gasteiger partial charge is 0.119 e. The van der Waals surface area contributed by atoms with Gasteiger partial charge in [-0.05, 0) is 54.4 Å². The molecule has 2 saturated carbocycles. The van der Waals surface area contributed by atoms with Crippen molar-refractivity contribution in [3.63, 3.8) is 0 Å². The average molecular weight is 216 g/mol. The molecule has 16 heavy (non-hydrogen) atoms. The minimum atomic E-state index is 0.155. The molecule has 1 aromatic rings. The third-order valence-electron chi connectivity index (χ3n) is 3.57. The molecular weight excluding hydrogens is 200 g/mol. The van der Waals surface area contributed by atoms with Crippen molar-refractivity contribution in [1.29, 1.82) is 0 Å². The van der Waals surface area contributed by atoms with Gasteiger partial charge in [-0.1, -0.05) is 12.5 Å². The van der Waals surface area contributed by atoms with E-state index in [-0.39, 0.29) is 11.5 Å². The quantitative estimate of drug-likeness (QED) is 0.796. The highest BCUT2D eigenvalue weighted by Gasteiger charge is 2.39. The molecule has 2 aliphatic carbocycles. The van der Waals surface area contributed by atoms with Crippen molar-refractivity contribution in [1.82, 2.24) is 0 Å². The minimum Gasteiger partial charge on any atom is -0.508 e. The normalized spacial score (nSPS) is 26.7. The van der Waals surface area contributed by atoms with Crippen molar-refractivity contribution in [2.75, 3.05) is 0 Å². The Labute approximate surface area is 95.2 Å². The highest BCUT2D eigenvalue weighted by Crippen LogP contribution is 2.53. The van der Waals surface area contributed by atoms with E-state index in [4.69, 9.17) is 0 Å². The van der Waals surface area contributed by atoms with Gasteiger partial charge in [-0.3, -0.25) is 0 Å². The molecule has 0 bridgehead atoms. The summed E-state index contributed by atoms with van der Waals surface area (Å²) in [6.07, 6.45) is 3.62. The van der Waals surface area contributed by atoms with Gasteiger partial charge in [0, 0.05) is 6.07 Å². The lowest BCUT2D eigenvalue weighted by Gasteiger charge is -2.08. The summed E-state index contributed by atoms with van der Waals surface area (Å²) >= 11 is 0. The zero-order chi connectivity index (χ0) is 11.3. The van der Waals surface area contributed by atoms with Gasteiger partial charge in [0.05, 0.1) is 0 Å². The van der Waals surface area contributed by atoms with Crippen molar-refractivity contribution in [2.24, 2.45) is 11.8 Å². The molecule has 84 valence electrons. The molecule has 2 unspecified atom stereocenters. The van der Waals surface area contributed by atoms with Gasteiger partial charge in [0.25, 0.3) is 0 Å². The standard InChI is InChI=1S/C14H16O2/c1-8-4-13(8)14(9-2-3-9)10-5-11(15)7-12(16)6-10/h5-8,13,15-16H,2-4H2,1H3. The van der Waals surface area contributed by atoms with E-state index in [1.165, 1.54) is 36.5 Å². The van der Waals surface area contributed by atoms with Crippen LogP contribution in [0.1, 0.15) is 31.7 Å². The summed E-state index contributed by atoms with van der Waals surface area (Å²) in [6.45, 7) is 2.26. The predicted molar refractivity (Wildman–Crippen MR) is 63.2 cm³/mol. The zero-order valence-electron chi connectivity index (χ0n) is 9.40. The second-order valence-electron chi connectivity index (χ2n) is 5.07. The monoisotopic (exact) mass is 216 g/mol. The van der Waals surface area contributed by atoms with E-state index < -0.39 is 0 Å². The van der Waals surface area contributed by atoms with Crippen LogP contribution < -0.4 is 0 Å². The van der Waals surface area contributed by atoms with Crippen molar-refractivity contribution in [3.8, 4) is 11.5 Å². The van der Waals surface area contributed by atoms with Gasteiger partial charge in [-0.15, -0.1) is 0 Å². The summed E-state index contributed by atoms with van der Waals surface area (Å²) in [6, 6.07) is 4.92. The summed E-state index contributed by atoms with van der Waals surface area (Å²) < 4.78 is 0. The van der Waals surface area contributed by atoms with E-state index in [1.807, 2.05) is 0 Å². The Hall–Kier alpha value is -1.44. The molecule has 2 atom stereocenters. The Kier molecular flexibility index (Phi) is 2.00. The largest absolute Gasteiger partial charge is 0.508 e. The number of phenolic OH excluding ortho intramolecular Hbond substituents is 2. The third kappa shape index (κ3) is 1.69. The van der Waals surface area contributed by atoms with Crippen LogP contribution in [-0.2, 0) is 0 Å². The van der Waals surface area contributed by atoms with Crippen LogP contribution in [0.4, 0.5) is 0 Å². The molecule has 0 aliphatic heterocycles. The fourth-order valence-electron chi connectivity index (χ4n) is 2.49. The first-order valence-corrected chi connectivity index (χ1v) is 5.90. The molecule has 2 nitrogen and oxygen atoms in total. The molecule has 1 aromatic carbocycles. The summed E-state index contributed by atoms with van der Waals surface area (Å²) in [5.74, 6) is 1.72. The van der Waals surface area contributed by atoms with Crippen LogP contribution >= 0.6 is 0 Å². The Morgan fingerprint density at radius 3 is 2.12 bits per heavy atom. The molecule has 0 spiro atoms. The first kappa shape index (κ1) is 9.76. The van der Waals surface area contributed by atoms with Crippen LogP contribution in [0.2, 0.25) is 0 Å². The zero-order valence-corrected chi connectivity index (χ0v) is 9.40. The van der Waals surface area contributed by atoms with Gasteiger partial charge in [0.1, 0.15) is 11.5 Å². The molecule has 2 aliphatic rings. The molecular formula is C14H16O2. The third-order valence-corrected chi connectivity index (χ3v) is 3.57. The molecule has 2 N–H and O–H groups in total. The van der Waals surface area contributed by atoms with Gasteiger partial charge in [0.15, 0.2) is 0 Å². The fourth-order valence-corrected chi connectivity index (χ4v) is 2.49. The Balaban J connectivity index is 2.04. The SMILES string of the molecule is CC1CC1C(=C1CC1)c1cc(O)cc(O)c1. The topological polar surface area (TPSA) is 40.5 Å². The van der Waals surface area contributed by atoms with Gasteiger partial charge >= 0.3 is 0 Å². The van der Waals surface area contributed by atoms with Crippen LogP contribution in [0.15, 0.2) is 23.8 Å². The highest BCUT2D eigenvalue weighted by molar-refractivity contribution is 5.76. The van der Waals surface area contributed by atoms with E-state index in [0.717, 1.165) is 11.5 Å². The van der Waals surface area contributed by atoms with Crippen molar-refractivity contribution >= 4 is 5.57 Å².